The van der Waals surface area contributed by atoms with E-state index in [-0.39, 0.29) is 17.7 Å². The van der Waals surface area contributed by atoms with Crippen LogP contribution in [-0.2, 0) is 16.9 Å². The minimum Gasteiger partial charge on any atom is -0.385 e. The quantitative estimate of drug-likeness (QED) is 0.757. The molecule has 0 spiro atoms. The van der Waals surface area contributed by atoms with E-state index in [0.29, 0.717) is 49.5 Å². The first-order chi connectivity index (χ1) is 14.8. The van der Waals surface area contributed by atoms with Gasteiger partial charge in [0.1, 0.15) is 6.04 Å². The van der Waals surface area contributed by atoms with Gasteiger partial charge in [-0.3, -0.25) is 9.59 Å². The first kappa shape index (κ1) is 21.8. The average molecular weight is 441 g/mol. The van der Waals surface area contributed by atoms with Gasteiger partial charge in [0.15, 0.2) is 0 Å². The summed E-state index contributed by atoms with van der Waals surface area (Å²) in [6.45, 7) is 5.54. The highest BCUT2D eigenvalue weighted by molar-refractivity contribution is 6.30. The molecule has 6 heteroatoms. The molecular formula is C25H29ClN2O3. The third-order valence-electron chi connectivity index (χ3n) is 6.49. The van der Waals surface area contributed by atoms with Gasteiger partial charge in [-0.25, -0.2) is 0 Å². The van der Waals surface area contributed by atoms with Crippen molar-refractivity contribution in [3.05, 3.63) is 70.2 Å². The van der Waals surface area contributed by atoms with Crippen molar-refractivity contribution in [1.82, 2.24) is 9.80 Å². The zero-order chi connectivity index (χ0) is 22.2. The number of hydrogen-bond donors (Lipinski definition) is 1. The Labute approximate surface area is 188 Å². The lowest BCUT2D eigenvalue weighted by atomic mass is 9.84. The number of carbonyl (C=O) groups excluding carboxylic acids is 2. The third-order valence-corrected chi connectivity index (χ3v) is 6.74. The Morgan fingerprint density at radius 2 is 1.74 bits per heavy atom. The van der Waals surface area contributed by atoms with E-state index in [1.54, 1.807) is 17.0 Å². The molecule has 0 bridgehead atoms. The highest BCUT2D eigenvalue weighted by Crippen LogP contribution is 2.35. The molecule has 0 saturated carbocycles. The van der Waals surface area contributed by atoms with Crippen molar-refractivity contribution in [2.75, 3.05) is 13.1 Å². The summed E-state index contributed by atoms with van der Waals surface area (Å²) < 4.78 is 0. The van der Waals surface area contributed by atoms with Crippen LogP contribution in [0.5, 0.6) is 0 Å². The number of halogens is 1. The summed E-state index contributed by atoms with van der Waals surface area (Å²) >= 11 is 5.98. The van der Waals surface area contributed by atoms with Gasteiger partial charge >= 0.3 is 0 Å². The number of benzene rings is 2. The molecule has 2 aromatic rings. The number of aliphatic hydroxyl groups is 1. The molecule has 1 saturated heterocycles. The second kappa shape index (κ2) is 8.64. The van der Waals surface area contributed by atoms with Crippen LogP contribution in [0.4, 0.5) is 0 Å². The molecule has 31 heavy (non-hydrogen) atoms. The predicted molar refractivity (Wildman–Crippen MR) is 121 cm³/mol. The molecule has 1 N–H and O–H groups in total. The van der Waals surface area contributed by atoms with Crippen molar-refractivity contribution in [2.45, 2.75) is 51.3 Å². The molecular weight excluding hydrogens is 412 g/mol. The SMILES string of the molecule is CC(C)CC(C(=O)N1CCC(O)(c2ccc(Cl)cc2)CC1)N1Cc2ccccc2C1=O. The van der Waals surface area contributed by atoms with E-state index in [4.69, 9.17) is 11.6 Å². The van der Waals surface area contributed by atoms with Gasteiger partial charge in [-0.05, 0) is 54.5 Å². The third kappa shape index (κ3) is 4.35. The second-order valence-electron chi connectivity index (χ2n) is 9.10. The van der Waals surface area contributed by atoms with Gasteiger partial charge in [0, 0.05) is 30.2 Å². The van der Waals surface area contributed by atoms with E-state index in [0.717, 1.165) is 11.1 Å². The van der Waals surface area contributed by atoms with Gasteiger partial charge in [-0.15, -0.1) is 0 Å². The molecule has 0 aliphatic carbocycles. The first-order valence-electron chi connectivity index (χ1n) is 10.9. The summed E-state index contributed by atoms with van der Waals surface area (Å²) in [6, 6.07) is 14.4. The summed E-state index contributed by atoms with van der Waals surface area (Å²) in [5, 5.41) is 11.8. The highest BCUT2D eigenvalue weighted by atomic mass is 35.5. The summed E-state index contributed by atoms with van der Waals surface area (Å²) in [5.74, 6) is 0.193. The normalized spacial score (nSPS) is 18.9. The molecule has 4 rings (SSSR count). The summed E-state index contributed by atoms with van der Waals surface area (Å²) in [4.78, 5) is 30.1. The molecule has 1 atom stereocenters. The fraction of sp³-hybridized carbons (Fsp3) is 0.440. The molecule has 1 unspecified atom stereocenters. The van der Waals surface area contributed by atoms with Crippen LogP contribution in [0.2, 0.25) is 5.02 Å². The molecule has 2 amide bonds. The Bertz CT molecular complexity index is 965. The lowest BCUT2D eigenvalue weighted by molar-refractivity contribution is -0.141. The van der Waals surface area contributed by atoms with Gasteiger partial charge in [0.25, 0.3) is 5.91 Å². The average Bonchev–Trinajstić information content (AvgIpc) is 3.09. The van der Waals surface area contributed by atoms with Crippen LogP contribution < -0.4 is 0 Å². The molecule has 164 valence electrons. The van der Waals surface area contributed by atoms with Gasteiger partial charge in [0.05, 0.1) is 5.60 Å². The van der Waals surface area contributed by atoms with Crippen LogP contribution in [-0.4, -0.2) is 45.9 Å². The second-order valence-corrected chi connectivity index (χ2v) is 9.54. The van der Waals surface area contributed by atoms with Crippen LogP contribution in [0.3, 0.4) is 0 Å². The number of amides is 2. The number of hydrogen-bond acceptors (Lipinski definition) is 3. The van der Waals surface area contributed by atoms with Crippen molar-refractivity contribution >= 4 is 23.4 Å². The topological polar surface area (TPSA) is 60.9 Å². The number of piperidine rings is 1. The first-order valence-corrected chi connectivity index (χ1v) is 11.3. The van der Waals surface area contributed by atoms with Crippen molar-refractivity contribution in [3.63, 3.8) is 0 Å². The number of carbonyl (C=O) groups is 2. The fourth-order valence-electron chi connectivity index (χ4n) is 4.69. The molecule has 2 aliphatic heterocycles. The van der Waals surface area contributed by atoms with E-state index < -0.39 is 11.6 Å². The van der Waals surface area contributed by atoms with Crippen molar-refractivity contribution in [3.8, 4) is 0 Å². The maximum absolute atomic E-state index is 13.5. The van der Waals surface area contributed by atoms with Gasteiger partial charge in [0.2, 0.25) is 5.91 Å². The zero-order valence-corrected chi connectivity index (χ0v) is 18.8. The van der Waals surface area contributed by atoms with Crippen molar-refractivity contribution < 1.29 is 14.7 Å². The number of rotatable bonds is 5. The number of nitrogens with zero attached hydrogens (tertiary/aromatic N) is 2. The van der Waals surface area contributed by atoms with Crippen LogP contribution in [0.25, 0.3) is 0 Å². The van der Waals surface area contributed by atoms with Crippen molar-refractivity contribution in [2.24, 2.45) is 5.92 Å². The smallest absolute Gasteiger partial charge is 0.255 e. The van der Waals surface area contributed by atoms with Crippen LogP contribution in [0, 0.1) is 5.92 Å². The molecule has 1 fully saturated rings. The van der Waals surface area contributed by atoms with Crippen LogP contribution in [0.15, 0.2) is 48.5 Å². The Morgan fingerprint density at radius 1 is 1.10 bits per heavy atom. The minimum atomic E-state index is -0.964. The summed E-state index contributed by atoms with van der Waals surface area (Å²) in [5.41, 5.74) is 1.53. The van der Waals surface area contributed by atoms with Crippen LogP contribution >= 0.6 is 11.6 Å². The minimum absolute atomic E-state index is 0.0204. The van der Waals surface area contributed by atoms with E-state index in [9.17, 15) is 14.7 Å². The largest absolute Gasteiger partial charge is 0.385 e. The summed E-state index contributed by atoms with van der Waals surface area (Å²) in [7, 11) is 0. The Balaban J connectivity index is 1.49. The predicted octanol–water partition coefficient (Wildman–Crippen LogP) is 4.22. The Morgan fingerprint density at radius 3 is 2.35 bits per heavy atom. The highest BCUT2D eigenvalue weighted by Gasteiger charge is 2.41. The van der Waals surface area contributed by atoms with Gasteiger partial charge in [-0.2, -0.15) is 0 Å². The maximum atomic E-state index is 13.5. The number of fused-ring (bicyclic) bond motifs is 1. The fourth-order valence-corrected chi connectivity index (χ4v) is 4.82. The van der Waals surface area contributed by atoms with Gasteiger partial charge in [-0.1, -0.05) is 55.8 Å². The maximum Gasteiger partial charge on any atom is 0.255 e. The van der Waals surface area contributed by atoms with E-state index in [2.05, 4.69) is 13.8 Å². The monoisotopic (exact) mass is 440 g/mol. The Kier molecular flexibility index (Phi) is 6.09. The lowest BCUT2D eigenvalue weighted by Gasteiger charge is -2.41. The summed E-state index contributed by atoms with van der Waals surface area (Å²) in [6.07, 6.45) is 1.54. The van der Waals surface area contributed by atoms with E-state index in [1.807, 2.05) is 41.3 Å². The molecule has 5 nitrogen and oxygen atoms in total. The lowest BCUT2D eigenvalue weighted by Crippen LogP contribution is -2.53. The van der Waals surface area contributed by atoms with Gasteiger partial charge < -0.3 is 14.9 Å². The van der Waals surface area contributed by atoms with E-state index >= 15 is 0 Å². The van der Waals surface area contributed by atoms with Crippen molar-refractivity contribution in [1.29, 1.82) is 0 Å². The molecule has 2 aromatic carbocycles. The van der Waals surface area contributed by atoms with Crippen LogP contribution in [0.1, 0.15) is 54.6 Å². The Hall–Kier alpha value is -2.37. The standard InChI is InChI=1S/C25H29ClN2O3/c1-17(2)15-22(28-16-18-5-3-4-6-21(18)23(28)29)24(30)27-13-11-25(31,12-14-27)19-7-9-20(26)10-8-19/h3-10,17,22,31H,11-16H2,1-2H3. The van der Waals surface area contributed by atoms with E-state index in [1.165, 1.54) is 0 Å². The molecule has 0 aromatic heterocycles. The molecule has 0 radical (unpaired) electrons. The molecule has 2 aliphatic rings. The number of likely N-dealkylation sites (tertiary alicyclic amines) is 1. The zero-order valence-electron chi connectivity index (χ0n) is 18.1. The molecule has 2 heterocycles.